The van der Waals surface area contributed by atoms with Crippen molar-refractivity contribution in [3.8, 4) is 0 Å². The topological polar surface area (TPSA) is 15.6 Å². The van der Waals surface area contributed by atoms with Crippen LogP contribution in [-0.2, 0) is 11.8 Å². The summed E-state index contributed by atoms with van der Waals surface area (Å²) >= 11 is 0. The second kappa shape index (κ2) is 10.6. The molecule has 7 aromatic rings. The van der Waals surface area contributed by atoms with Gasteiger partial charge in [-0.05, 0) is 104 Å². The predicted molar refractivity (Wildman–Crippen MR) is 208 cm³/mol. The number of allylic oxidation sites excluding steroid dienone is 4. The summed E-state index contributed by atoms with van der Waals surface area (Å²) in [5.74, 6) is 0. The molecule has 0 saturated heterocycles. The van der Waals surface area contributed by atoms with Crippen LogP contribution in [0.4, 0.5) is 17.1 Å². The van der Waals surface area contributed by atoms with Gasteiger partial charge < -0.3 is 4.90 Å². The van der Waals surface area contributed by atoms with Crippen LogP contribution in [0.1, 0.15) is 48.9 Å². The molecular weight excluding hydrogens is 593 g/mol. The number of nitrogens with zero attached hydrogens (tertiary/aromatic N) is 2. The SMILES string of the molecule is CC1(C)C2=C(CCC(N(c3ccc4ccccc4c3)c3ccc4c(ccc5c6c(ccc54)CC(c4ccccc4)=N6)c3)=C2)c2ccccc21. The Morgan fingerprint density at radius 2 is 1.29 bits per heavy atom. The summed E-state index contributed by atoms with van der Waals surface area (Å²) in [6.45, 7) is 4.78. The first-order valence-corrected chi connectivity index (χ1v) is 17.5. The predicted octanol–water partition coefficient (Wildman–Crippen LogP) is 12.4. The molecule has 234 valence electrons. The maximum absolute atomic E-state index is 5.18. The van der Waals surface area contributed by atoms with Gasteiger partial charge in [-0.15, -0.1) is 0 Å². The van der Waals surface area contributed by atoms with Gasteiger partial charge in [0.15, 0.2) is 0 Å². The van der Waals surface area contributed by atoms with Gasteiger partial charge in [-0.25, -0.2) is 0 Å². The Balaban J connectivity index is 1.12. The summed E-state index contributed by atoms with van der Waals surface area (Å²) < 4.78 is 0. The smallest absolute Gasteiger partial charge is 0.0747 e. The Kier molecular flexibility index (Phi) is 6.14. The molecule has 7 aromatic carbocycles. The molecule has 0 radical (unpaired) electrons. The molecule has 0 N–H and O–H groups in total. The largest absolute Gasteiger partial charge is 0.314 e. The number of hydrogen-bond acceptors (Lipinski definition) is 2. The van der Waals surface area contributed by atoms with Crippen molar-refractivity contribution in [2.24, 2.45) is 4.99 Å². The molecule has 0 amide bonds. The maximum atomic E-state index is 5.18. The lowest BCUT2D eigenvalue weighted by Gasteiger charge is -2.33. The molecule has 0 fully saturated rings. The third-order valence-corrected chi connectivity index (χ3v) is 11.2. The fraction of sp³-hybridized carbons (Fsp3) is 0.128. The summed E-state index contributed by atoms with van der Waals surface area (Å²) in [5.41, 5.74) is 14.3. The van der Waals surface area contributed by atoms with Crippen LogP contribution in [0.2, 0.25) is 0 Å². The first-order valence-electron chi connectivity index (χ1n) is 17.5. The summed E-state index contributed by atoms with van der Waals surface area (Å²) in [6, 6.07) is 51.4. The van der Waals surface area contributed by atoms with Crippen LogP contribution in [0, 0.1) is 0 Å². The molecule has 2 aliphatic carbocycles. The van der Waals surface area contributed by atoms with E-state index < -0.39 is 0 Å². The molecule has 0 bridgehead atoms. The lowest BCUT2D eigenvalue weighted by Crippen LogP contribution is -2.22. The van der Waals surface area contributed by atoms with Crippen LogP contribution < -0.4 is 4.90 Å². The summed E-state index contributed by atoms with van der Waals surface area (Å²) in [6.07, 6.45) is 5.41. The molecule has 0 aromatic heterocycles. The molecular formula is C47H36N2. The van der Waals surface area contributed by atoms with E-state index in [4.69, 9.17) is 4.99 Å². The van der Waals surface area contributed by atoms with Crippen molar-refractivity contribution in [3.05, 3.63) is 179 Å². The fourth-order valence-electron chi connectivity index (χ4n) is 8.69. The van der Waals surface area contributed by atoms with Gasteiger partial charge in [0.2, 0.25) is 0 Å². The molecule has 0 saturated carbocycles. The van der Waals surface area contributed by atoms with E-state index in [9.17, 15) is 0 Å². The number of aliphatic imine (C=N–C) groups is 1. The summed E-state index contributed by atoms with van der Waals surface area (Å²) in [4.78, 5) is 7.69. The van der Waals surface area contributed by atoms with Gasteiger partial charge in [0.05, 0.1) is 11.4 Å². The van der Waals surface area contributed by atoms with E-state index in [1.165, 1.54) is 82.8 Å². The molecule has 1 aliphatic heterocycles. The number of rotatable bonds is 4. The molecule has 3 aliphatic rings. The molecule has 0 unspecified atom stereocenters. The third-order valence-electron chi connectivity index (χ3n) is 11.2. The highest BCUT2D eigenvalue weighted by Gasteiger charge is 2.38. The molecule has 49 heavy (non-hydrogen) atoms. The maximum Gasteiger partial charge on any atom is 0.0747 e. The van der Waals surface area contributed by atoms with E-state index >= 15 is 0 Å². The van der Waals surface area contributed by atoms with Crippen LogP contribution in [0.25, 0.3) is 37.9 Å². The minimum atomic E-state index is -0.0297. The van der Waals surface area contributed by atoms with E-state index in [1.807, 2.05) is 0 Å². The van der Waals surface area contributed by atoms with E-state index in [0.29, 0.717) is 0 Å². The van der Waals surface area contributed by atoms with E-state index in [0.717, 1.165) is 30.7 Å². The second-order valence-corrected chi connectivity index (χ2v) is 14.3. The lowest BCUT2D eigenvalue weighted by molar-refractivity contribution is 0.648. The molecule has 1 heterocycles. The Morgan fingerprint density at radius 1 is 0.592 bits per heavy atom. The number of hydrogen-bond donors (Lipinski definition) is 0. The van der Waals surface area contributed by atoms with Crippen molar-refractivity contribution < 1.29 is 0 Å². The molecule has 0 spiro atoms. The summed E-state index contributed by atoms with van der Waals surface area (Å²) in [7, 11) is 0. The first kappa shape index (κ1) is 28.3. The van der Waals surface area contributed by atoms with Gasteiger partial charge in [0, 0.05) is 34.3 Å². The number of fused-ring (bicyclic) bond motifs is 8. The highest BCUT2D eigenvalue weighted by atomic mass is 15.1. The standard InChI is InChI=1S/C47H36N2/c1-47(2)43-15-9-8-14-40(43)41-25-21-37(29-44(41)47)49(35-19-16-30-10-6-7-13-32(30)26-35)36-20-24-38-33(27-36)17-23-42-39(38)22-18-34-28-45(48-46(34)42)31-11-4-3-5-12-31/h3-20,22-24,26-27,29H,21,25,28H2,1-2H3. The van der Waals surface area contributed by atoms with Crippen molar-refractivity contribution in [1.82, 2.24) is 0 Å². The number of benzene rings is 7. The zero-order valence-electron chi connectivity index (χ0n) is 27.9. The van der Waals surface area contributed by atoms with Crippen LogP contribution in [-0.4, -0.2) is 5.71 Å². The van der Waals surface area contributed by atoms with Gasteiger partial charge in [0.25, 0.3) is 0 Å². The van der Waals surface area contributed by atoms with E-state index in [2.05, 4.69) is 164 Å². The highest BCUT2D eigenvalue weighted by Crippen LogP contribution is 2.52. The average molecular weight is 629 g/mol. The van der Waals surface area contributed by atoms with Gasteiger partial charge in [-0.1, -0.05) is 129 Å². The third kappa shape index (κ3) is 4.37. The van der Waals surface area contributed by atoms with Gasteiger partial charge >= 0.3 is 0 Å². The van der Waals surface area contributed by atoms with Crippen molar-refractivity contribution in [2.75, 3.05) is 4.90 Å². The van der Waals surface area contributed by atoms with Crippen molar-refractivity contribution in [1.29, 1.82) is 0 Å². The second-order valence-electron chi connectivity index (χ2n) is 14.3. The fourth-order valence-corrected chi connectivity index (χ4v) is 8.69. The first-order chi connectivity index (χ1) is 24.0. The van der Waals surface area contributed by atoms with Crippen LogP contribution >= 0.6 is 0 Å². The Hall–Kier alpha value is -5.73. The molecule has 2 nitrogen and oxygen atoms in total. The van der Waals surface area contributed by atoms with Gasteiger partial charge in [-0.2, -0.15) is 0 Å². The minimum Gasteiger partial charge on any atom is -0.314 e. The average Bonchev–Trinajstić information content (AvgIpc) is 3.69. The van der Waals surface area contributed by atoms with Crippen molar-refractivity contribution >= 4 is 60.7 Å². The van der Waals surface area contributed by atoms with E-state index in [-0.39, 0.29) is 5.41 Å². The van der Waals surface area contributed by atoms with E-state index in [1.54, 1.807) is 0 Å². The Bertz CT molecular complexity index is 2600. The zero-order valence-corrected chi connectivity index (χ0v) is 27.9. The van der Waals surface area contributed by atoms with Crippen molar-refractivity contribution in [3.63, 3.8) is 0 Å². The van der Waals surface area contributed by atoms with Crippen molar-refractivity contribution in [2.45, 2.75) is 38.5 Å². The van der Waals surface area contributed by atoms with Crippen LogP contribution in [0.3, 0.4) is 0 Å². The van der Waals surface area contributed by atoms with Gasteiger partial charge in [-0.3, -0.25) is 4.99 Å². The summed E-state index contributed by atoms with van der Waals surface area (Å²) in [5, 5.41) is 7.51. The Labute approximate surface area is 287 Å². The number of anilines is 2. The lowest BCUT2D eigenvalue weighted by atomic mass is 9.79. The highest BCUT2D eigenvalue weighted by molar-refractivity contribution is 6.16. The quantitative estimate of drug-likeness (QED) is 0.177. The van der Waals surface area contributed by atoms with Crippen LogP contribution in [0.5, 0.6) is 0 Å². The zero-order chi connectivity index (χ0) is 32.7. The molecule has 2 heteroatoms. The Morgan fingerprint density at radius 3 is 2.16 bits per heavy atom. The molecule has 10 rings (SSSR count). The minimum absolute atomic E-state index is 0.0297. The van der Waals surface area contributed by atoms with Crippen LogP contribution in [0.15, 0.2) is 162 Å². The normalized spacial score (nSPS) is 16.0. The molecule has 0 atom stereocenters. The monoisotopic (exact) mass is 628 g/mol. The van der Waals surface area contributed by atoms with Gasteiger partial charge in [0.1, 0.15) is 0 Å².